The van der Waals surface area contributed by atoms with Crippen LogP contribution in [-0.2, 0) is 14.4 Å². The highest BCUT2D eigenvalue weighted by atomic mass is 19.3. The highest BCUT2D eigenvalue weighted by Gasteiger charge is 2.45. The Hall–Kier alpha value is -1.64. The van der Waals surface area contributed by atoms with E-state index in [1.807, 2.05) is 20.9 Å². The van der Waals surface area contributed by atoms with E-state index in [9.17, 15) is 27.6 Å². The second-order valence-corrected chi connectivity index (χ2v) is 12.1. The zero-order chi connectivity index (χ0) is 30.7. The lowest BCUT2D eigenvalue weighted by atomic mass is 9.85. The summed E-state index contributed by atoms with van der Waals surface area (Å²) in [5.74, 6) is -4.50. The lowest BCUT2D eigenvalue weighted by molar-refractivity contribution is -0.145. The molecule has 0 spiro atoms. The minimum Gasteiger partial charge on any atom is -0.354 e. The normalized spacial score (nSPS) is 24.8. The molecule has 0 aromatic heterocycles. The molecule has 0 aromatic carbocycles. The summed E-state index contributed by atoms with van der Waals surface area (Å²) in [5, 5.41) is 8.43. The maximum Gasteiger partial charge on any atom is 0.259 e. The zero-order valence-electron chi connectivity index (χ0n) is 26.2. The molecular weight excluding hydrogens is 519 g/mol. The Kier molecular flexibility index (Phi) is 20.3. The van der Waals surface area contributed by atoms with Gasteiger partial charge in [0, 0.05) is 30.5 Å². The number of halogens is 3. The molecule has 0 heterocycles. The SMILES string of the molecule is CC(C)NC(=O)C1CCCCC1(F)F.CC(C)NC(=O)C1CCCCC1F.CCC(C)NC.O=CC1CCCC1. The van der Waals surface area contributed by atoms with Crippen molar-refractivity contribution in [3.05, 3.63) is 0 Å². The van der Waals surface area contributed by atoms with Crippen molar-refractivity contribution in [1.29, 1.82) is 0 Å². The molecule has 3 aliphatic carbocycles. The molecule has 0 aliphatic heterocycles. The summed E-state index contributed by atoms with van der Waals surface area (Å²) >= 11 is 0. The van der Waals surface area contributed by atoms with Crippen LogP contribution in [0.15, 0.2) is 0 Å². The Morgan fingerprint density at radius 2 is 1.32 bits per heavy atom. The van der Waals surface area contributed by atoms with E-state index in [2.05, 4.69) is 29.8 Å². The molecule has 236 valence electrons. The number of aldehydes is 1. The average molecular weight is 578 g/mol. The lowest BCUT2D eigenvalue weighted by Gasteiger charge is -2.30. The minimum absolute atomic E-state index is 0.0692. The molecule has 4 unspecified atom stereocenters. The first kappa shape index (κ1) is 38.4. The minimum atomic E-state index is -2.81. The summed E-state index contributed by atoms with van der Waals surface area (Å²) < 4.78 is 39.9. The van der Waals surface area contributed by atoms with Crippen molar-refractivity contribution in [2.75, 3.05) is 7.05 Å². The van der Waals surface area contributed by atoms with E-state index in [4.69, 9.17) is 0 Å². The van der Waals surface area contributed by atoms with Crippen LogP contribution in [0.4, 0.5) is 13.2 Å². The monoisotopic (exact) mass is 577 g/mol. The van der Waals surface area contributed by atoms with Crippen molar-refractivity contribution < 1.29 is 27.6 Å². The molecule has 0 saturated heterocycles. The quantitative estimate of drug-likeness (QED) is 0.292. The van der Waals surface area contributed by atoms with Crippen molar-refractivity contribution in [1.82, 2.24) is 16.0 Å². The van der Waals surface area contributed by atoms with E-state index in [0.717, 1.165) is 38.4 Å². The molecule has 0 aromatic rings. The number of hydrogen-bond acceptors (Lipinski definition) is 4. The van der Waals surface area contributed by atoms with E-state index in [1.165, 1.54) is 19.3 Å². The van der Waals surface area contributed by atoms with Gasteiger partial charge in [-0.25, -0.2) is 13.2 Å². The topological polar surface area (TPSA) is 87.3 Å². The number of amides is 2. The number of alkyl halides is 3. The smallest absolute Gasteiger partial charge is 0.259 e. The van der Waals surface area contributed by atoms with Gasteiger partial charge < -0.3 is 20.7 Å². The fourth-order valence-electron chi connectivity index (χ4n) is 4.87. The molecule has 3 rings (SSSR count). The first-order valence-corrected chi connectivity index (χ1v) is 15.5. The van der Waals surface area contributed by atoms with Crippen LogP contribution in [0, 0.1) is 17.8 Å². The van der Waals surface area contributed by atoms with Crippen LogP contribution in [-0.4, -0.2) is 55.4 Å². The first-order valence-electron chi connectivity index (χ1n) is 15.5. The van der Waals surface area contributed by atoms with Crippen LogP contribution in [0.1, 0.15) is 125 Å². The predicted molar refractivity (Wildman–Crippen MR) is 157 cm³/mol. The second-order valence-electron chi connectivity index (χ2n) is 12.1. The van der Waals surface area contributed by atoms with Crippen LogP contribution in [0.25, 0.3) is 0 Å². The molecule has 40 heavy (non-hydrogen) atoms. The van der Waals surface area contributed by atoms with Gasteiger partial charge in [0.1, 0.15) is 18.4 Å². The molecule has 3 saturated carbocycles. The molecule has 0 bridgehead atoms. The van der Waals surface area contributed by atoms with E-state index in [1.54, 1.807) is 13.8 Å². The Morgan fingerprint density at radius 1 is 0.825 bits per heavy atom. The van der Waals surface area contributed by atoms with Gasteiger partial charge in [0.25, 0.3) is 5.92 Å². The lowest BCUT2D eigenvalue weighted by Crippen LogP contribution is -2.45. The van der Waals surface area contributed by atoms with Gasteiger partial charge in [-0.05, 0) is 86.6 Å². The van der Waals surface area contributed by atoms with Gasteiger partial charge in [0.2, 0.25) is 11.8 Å². The van der Waals surface area contributed by atoms with Crippen LogP contribution >= 0.6 is 0 Å². The Morgan fingerprint density at radius 3 is 1.73 bits per heavy atom. The third-order valence-corrected chi connectivity index (χ3v) is 7.66. The fraction of sp³-hybridized carbons (Fsp3) is 0.903. The van der Waals surface area contributed by atoms with E-state index < -0.39 is 29.8 Å². The summed E-state index contributed by atoms with van der Waals surface area (Å²) in [6.45, 7) is 11.7. The molecule has 4 atom stereocenters. The predicted octanol–water partition coefficient (Wildman–Crippen LogP) is 6.76. The molecule has 6 nitrogen and oxygen atoms in total. The molecule has 3 N–H and O–H groups in total. The van der Waals surface area contributed by atoms with Gasteiger partial charge >= 0.3 is 0 Å². The number of nitrogens with one attached hydrogen (secondary N) is 3. The Labute approximate surface area is 241 Å². The van der Waals surface area contributed by atoms with Gasteiger partial charge in [0.05, 0.1) is 5.92 Å². The maximum atomic E-state index is 13.3. The van der Waals surface area contributed by atoms with Crippen molar-refractivity contribution in [2.24, 2.45) is 17.8 Å². The first-order chi connectivity index (χ1) is 18.8. The highest BCUT2D eigenvalue weighted by molar-refractivity contribution is 5.80. The standard InChI is InChI=1S/C10H17F2NO.C10H18FNO.C6H10O.C5H13N/c1-7(2)13-9(14)8-5-3-4-6-10(8,11)12;1-7(2)12-10(13)8-5-3-4-6-9(8)11;7-5-6-3-1-2-4-6;1-4-5(2)6-3/h7-8H,3-6H2,1-2H3,(H,13,14);7-9H,3-6H2,1-2H3,(H,12,13);5-6H,1-4H2;5-6H,4H2,1-3H3. The fourth-order valence-corrected chi connectivity index (χ4v) is 4.87. The Balaban J connectivity index is 0.000000538. The van der Waals surface area contributed by atoms with E-state index in [-0.39, 0.29) is 24.4 Å². The summed E-state index contributed by atoms with van der Waals surface area (Å²) in [6, 6.07) is 0.729. The van der Waals surface area contributed by atoms with Gasteiger partial charge in [-0.1, -0.05) is 39.0 Å². The van der Waals surface area contributed by atoms with Crippen molar-refractivity contribution in [3.8, 4) is 0 Å². The molecule has 3 fully saturated rings. The number of rotatable bonds is 7. The van der Waals surface area contributed by atoms with Gasteiger partial charge in [-0.3, -0.25) is 9.59 Å². The second kappa shape index (κ2) is 21.1. The number of hydrogen-bond donors (Lipinski definition) is 3. The Bertz CT molecular complexity index is 697. The largest absolute Gasteiger partial charge is 0.354 e. The summed E-state index contributed by atoms with van der Waals surface area (Å²) in [4.78, 5) is 32.9. The summed E-state index contributed by atoms with van der Waals surface area (Å²) in [6.07, 6.45) is 10.8. The van der Waals surface area contributed by atoms with Crippen LogP contribution in [0.2, 0.25) is 0 Å². The summed E-state index contributed by atoms with van der Waals surface area (Å²) in [7, 11) is 1.98. The van der Waals surface area contributed by atoms with Crippen molar-refractivity contribution >= 4 is 18.1 Å². The third-order valence-electron chi connectivity index (χ3n) is 7.66. The molecule has 2 amide bonds. The van der Waals surface area contributed by atoms with Crippen molar-refractivity contribution in [2.45, 2.75) is 155 Å². The van der Waals surface area contributed by atoms with Crippen LogP contribution in [0.3, 0.4) is 0 Å². The number of carbonyl (C=O) groups excluding carboxylic acids is 3. The molecule has 0 radical (unpaired) electrons. The van der Waals surface area contributed by atoms with Crippen LogP contribution < -0.4 is 16.0 Å². The van der Waals surface area contributed by atoms with Crippen LogP contribution in [0.5, 0.6) is 0 Å². The zero-order valence-corrected chi connectivity index (χ0v) is 26.2. The van der Waals surface area contributed by atoms with Crippen molar-refractivity contribution in [3.63, 3.8) is 0 Å². The maximum absolute atomic E-state index is 13.3. The van der Waals surface area contributed by atoms with E-state index >= 15 is 0 Å². The van der Waals surface area contributed by atoms with Gasteiger partial charge in [-0.2, -0.15) is 0 Å². The summed E-state index contributed by atoms with van der Waals surface area (Å²) in [5.41, 5.74) is 0. The molecular formula is C31H58F3N3O3. The average Bonchev–Trinajstić information content (AvgIpc) is 3.42. The number of carbonyl (C=O) groups is 3. The molecule has 3 aliphatic rings. The van der Waals surface area contributed by atoms with Gasteiger partial charge in [0.15, 0.2) is 0 Å². The highest BCUT2D eigenvalue weighted by Crippen LogP contribution is 2.38. The van der Waals surface area contributed by atoms with Gasteiger partial charge in [-0.15, -0.1) is 0 Å². The van der Waals surface area contributed by atoms with E-state index in [0.29, 0.717) is 37.6 Å². The third kappa shape index (κ3) is 16.6. The molecule has 9 heteroatoms.